The maximum Gasteiger partial charge on any atom is 0.119 e. The van der Waals surface area contributed by atoms with Gasteiger partial charge in [0.25, 0.3) is 0 Å². The summed E-state index contributed by atoms with van der Waals surface area (Å²) in [6.07, 6.45) is 1.24. The zero-order valence-corrected chi connectivity index (χ0v) is 11.5. The van der Waals surface area contributed by atoms with Crippen molar-refractivity contribution in [3.05, 3.63) is 65.7 Å². The fourth-order valence-electron chi connectivity index (χ4n) is 2.11. The molecule has 0 radical (unpaired) electrons. The van der Waals surface area contributed by atoms with Gasteiger partial charge in [-0.3, -0.25) is 0 Å². The summed E-state index contributed by atoms with van der Waals surface area (Å²) >= 11 is 0. The van der Waals surface area contributed by atoms with Crippen LogP contribution in [-0.2, 0) is 6.61 Å². The van der Waals surface area contributed by atoms with Crippen LogP contribution in [0.25, 0.3) is 0 Å². The van der Waals surface area contributed by atoms with Crippen LogP contribution in [0.1, 0.15) is 23.6 Å². The zero-order chi connectivity index (χ0) is 12.2. The van der Waals surface area contributed by atoms with E-state index >= 15 is 0 Å². The second-order valence-electron chi connectivity index (χ2n) is 4.64. The van der Waals surface area contributed by atoms with E-state index in [9.17, 15) is 0 Å². The van der Waals surface area contributed by atoms with E-state index in [0.717, 1.165) is 12.3 Å². The molecule has 0 spiro atoms. The molecule has 2 aromatic carbocycles. The summed E-state index contributed by atoms with van der Waals surface area (Å²) in [4.78, 5) is 0. The molecule has 0 saturated carbocycles. The minimum absolute atomic E-state index is 0. The van der Waals surface area contributed by atoms with Gasteiger partial charge in [-0.15, -0.1) is 12.4 Å². The molecule has 0 aliphatic carbocycles. The quantitative estimate of drug-likeness (QED) is 0.918. The SMILES string of the molecule is Cl.c1ccc(COc2ccc([C@H]3CCN3)cc2)cc1. The first-order chi connectivity index (χ1) is 8.92. The van der Waals surface area contributed by atoms with E-state index in [-0.39, 0.29) is 12.4 Å². The molecule has 1 atom stereocenters. The van der Waals surface area contributed by atoms with Crippen LogP contribution >= 0.6 is 12.4 Å². The highest BCUT2D eigenvalue weighted by Gasteiger charge is 2.17. The minimum Gasteiger partial charge on any atom is -0.489 e. The molecule has 1 fully saturated rings. The van der Waals surface area contributed by atoms with E-state index in [4.69, 9.17) is 4.74 Å². The lowest BCUT2D eigenvalue weighted by Gasteiger charge is -2.28. The molecule has 0 amide bonds. The normalized spacial score (nSPS) is 17.2. The summed E-state index contributed by atoms with van der Waals surface area (Å²) in [5.74, 6) is 0.932. The molecule has 2 aromatic rings. The van der Waals surface area contributed by atoms with Gasteiger partial charge in [0.1, 0.15) is 12.4 Å². The summed E-state index contributed by atoms with van der Waals surface area (Å²) in [6, 6.07) is 19.2. The third kappa shape index (κ3) is 3.49. The topological polar surface area (TPSA) is 21.3 Å². The Labute approximate surface area is 120 Å². The van der Waals surface area contributed by atoms with E-state index in [1.54, 1.807) is 0 Å². The van der Waals surface area contributed by atoms with Gasteiger partial charge < -0.3 is 10.1 Å². The largest absolute Gasteiger partial charge is 0.489 e. The molecule has 19 heavy (non-hydrogen) atoms. The van der Waals surface area contributed by atoms with E-state index in [0.29, 0.717) is 12.6 Å². The van der Waals surface area contributed by atoms with Crippen molar-refractivity contribution in [2.75, 3.05) is 6.54 Å². The van der Waals surface area contributed by atoms with Crippen LogP contribution in [0.3, 0.4) is 0 Å². The third-order valence-electron chi connectivity index (χ3n) is 3.35. The van der Waals surface area contributed by atoms with E-state index in [1.165, 1.54) is 17.5 Å². The number of hydrogen-bond donors (Lipinski definition) is 1. The summed E-state index contributed by atoms with van der Waals surface area (Å²) in [7, 11) is 0. The van der Waals surface area contributed by atoms with Gasteiger partial charge in [0.2, 0.25) is 0 Å². The molecule has 1 saturated heterocycles. The lowest BCUT2D eigenvalue weighted by molar-refractivity contribution is 0.305. The van der Waals surface area contributed by atoms with Crippen molar-refractivity contribution in [2.45, 2.75) is 19.1 Å². The molecule has 0 unspecified atom stereocenters. The predicted octanol–water partition coefficient (Wildman–Crippen LogP) is 3.72. The van der Waals surface area contributed by atoms with Gasteiger partial charge in [-0.1, -0.05) is 42.5 Å². The Bertz CT molecular complexity index is 494. The molecule has 2 nitrogen and oxygen atoms in total. The van der Waals surface area contributed by atoms with Crippen LogP contribution in [0.4, 0.5) is 0 Å². The van der Waals surface area contributed by atoms with Crippen molar-refractivity contribution in [1.29, 1.82) is 0 Å². The van der Waals surface area contributed by atoms with Crippen LogP contribution in [0, 0.1) is 0 Å². The van der Waals surface area contributed by atoms with Crippen molar-refractivity contribution in [1.82, 2.24) is 5.32 Å². The monoisotopic (exact) mass is 275 g/mol. The maximum atomic E-state index is 5.76. The first kappa shape index (κ1) is 13.9. The highest BCUT2D eigenvalue weighted by atomic mass is 35.5. The fourth-order valence-corrected chi connectivity index (χ4v) is 2.11. The van der Waals surface area contributed by atoms with Crippen molar-refractivity contribution in [3.63, 3.8) is 0 Å². The highest BCUT2D eigenvalue weighted by molar-refractivity contribution is 5.85. The van der Waals surface area contributed by atoms with Crippen LogP contribution in [0.2, 0.25) is 0 Å². The number of halogens is 1. The molecule has 1 heterocycles. The first-order valence-electron chi connectivity index (χ1n) is 6.42. The summed E-state index contributed by atoms with van der Waals surface area (Å²) in [5.41, 5.74) is 2.55. The Hall–Kier alpha value is -1.51. The molecule has 3 rings (SSSR count). The molecular weight excluding hydrogens is 258 g/mol. The lowest BCUT2D eigenvalue weighted by Crippen LogP contribution is -2.34. The fraction of sp³-hybridized carbons (Fsp3) is 0.250. The number of ether oxygens (including phenoxy) is 1. The van der Waals surface area contributed by atoms with Gasteiger partial charge in [0.15, 0.2) is 0 Å². The van der Waals surface area contributed by atoms with Crippen LogP contribution in [0.5, 0.6) is 5.75 Å². The van der Waals surface area contributed by atoms with E-state index < -0.39 is 0 Å². The van der Waals surface area contributed by atoms with Crippen LogP contribution < -0.4 is 10.1 Å². The Balaban J connectivity index is 0.00000133. The van der Waals surface area contributed by atoms with Crippen molar-refractivity contribution >= 4 is 12.4 Å². The van der Waals surface area contributed by atoms with Crippen LogP contribution in [0.15, 0.2) is 54.6 Å². The molecule has 100 valence electrons. The molecule has 1 N–H and O–H groups in total. The highest BCUT2D eigenvalue weighted by Crippen LogP contribution is 2.24. The average molecular weight is 276 g/mol. The minimum atomic E-state index is 0. The molecule has 0 aromatic heterocycles. The third-order valence-corrected chi connectivity index (χ3v) is 3.35. The Kier molecular flexibility index (Phi) is 4.83. The Morgan fingerprint density at radius 1 is 1.00 bits per heavy atom. The molecular formula is C16H18ClNO. The lowest BCUT2D eigenvalue weighted by atomic mass is 9.98. The number of rotatable bonds is 4. The van der Waals surface area contributed by atoms with Gasteiger partial charge in [-0.2, -0.15) is 0 Å². The van der Waals surface area contributed by atoms with Crippen LogP contribution in [-0.4, -0.2) is 6.54 Å². The van der Waals surface area contributed by atoms with Gasteiger partial charge in [-0.25, -0.2) is 0 Å². The van der Waals surface area contributed by atoms with Crippen molar-refractivity contribution in [2.24, 2.45) is 0 Å². The Morgan fingerprint density at radius 2 is 1.68 bits per heavy atom. The van der Waals surface area contributed by atoms with Gasteiger partial charge in [0.05, 0.1) is 0 Å². The molecule has 0 bridgehead atoms. The summed E-state index contributed by atoms with van der Waals surface area (Å²) in [5, 5.41) is 3.40. The second-order valence-corrected chi connectivity index (χ2v) is 4.64. The predicted molar refractivity (Wildman–Crippen MR) is 79.8 cm³/mol. The number of benzene rings is 2. The summed E-state index contributed by atoms with van der Waals surface area (Å²) < 4.78 is 5.76. The Morgan fingerprint density at radius 3 is 2.26 bits per heavy atom. The van der Waals surface area contributed by atoms with Crippen molar-refractivity contribution < 1.29 is 4.74 Å². The van der Waals surface area contributed by atoms with E-state index in [2.05, 4.69) is 41.7 Å². The van der Waals surface area contributed by atoms with Crippen molar-refractivity contribution in [3.8, 4) is 5.75 Å². The van der Waals surface area contributed by atoms with Gasteiger partial charge in [0, 0.05) is 6.04 Å². The molecule has 1 aliphatic heterocycles. The van der Waals surface area contributed by atoms with Gasteiger partial charge >= 0.3 is 0 Å². The summed E-state index contributed by atoms with van der Waals surface area (Å²) in [6.45, 7) is 1.76. The standard InChI is InChI=1S/C16H17NO.ClH/c1-2-4-13(5-3-1)12-18-15-8-6-14(7-9-15)16-10-11-17-16;/h1-9,16-17H,10-12H2;1H/t16-;/m1./s1. The number of hydrogen-bond acceptors (Lipinski definition) is 2. The average Bonchev–Trinajstić information content (AvgIpc) is 2.37. The molecule has 3 heteroatoms. The molecule has 1 aliphatic rings. The second kappa shape index (κ2) is 6.60. The zero-order valence-electron chi connectivity index (χ0n) is 10.7. The smallest absolute Gasteiger partial charge is 0.119 e. The van der Waals surface area contributed by atoms with Gasteiger partial charge in [-0.05, 0) is 36.2 Å². The first-order valence-corrected chi connectivity index (χ1v) is 6.42. The maximum absolute atomic E-state index is 5.76. The van der Waals surface area contributed by atoms with E-state index in [1.807, 2.05) is 18.2 Å². The number of nitrogens with one attached hydrogen (secondary N) is 1.